The Morgan fingerprint density at radius 1 is 1.03 bits per heavy atom. The van der Waals surface area contributed by atoms with Crippen LogP contribution in [0, 0.1) is 0 Å². The van der Waals surface area contributed by atoms with Crippen LogP contribution >= 0.6 is 0 Å². The molecule has 0 bridgehead atoms. The van der Waals surface area contributed by atoms with Crippen LogP contribution in [0.2, 0.25) is 0 Å². The Balaban J connectivity index is 1.24. The molecule has 31 heavy (non-hydrogen) atoms. The molecule has 0 spiro atoms. The molecule has 2 aliphatic rings. The summed E-state index contributed by atoms with van der Waals surface area (Å²) in [5, 5.41) is 10.5. The van der Waals surface area contributed by atoms with Crippen molar-refractivity contribution < 1.29 is 19.4 Å². The van der Waals surface area contributed by atoms with Gasteiger partial charge in [0.05, 0.1) is 7.11 Å². The van der Waals surface area contributed by atoms with Crippen LogP contribution in [-0.2, 0) is 11.2 Å². The SMILES string of the molecule is COc1cccc(N2CCN(CC(O)COc3ccc4c(c3)CCC(=O)N4C)CC2)c1. The number of rotatable bonds is 7. The summed E-state index contributed by atoms with van der Waals surface area (Å²) in [6.45, 7) is 4.47. The second-order valence-corrected chi connectivity index (χ2v) is 8.20. The van der Waals surface area contributed by atoms with Gasteiger partial charge in [-0.2, -0.15) is 0 Å². The molecule has 2 aliphatic heterocycles. The first-order valence-corrected chi connectivity index (χ1v) is 10.8. The number of anilines is 2. The maximum Gasteiger partial charge on any atom is 0.227 e. The van der Waals surface area contributed by atoms with Crippen molar-refractivity contribution in [3.8, 4) is 11.5 Å². The molecule has 1 N–H and O–H groups in total. The first kappa shape index (κ1) is 21.5. The highest BCUT2D eigenvalue weighted by Gasteiger charge is 2.22. The molecule has 1 amide bonds. The van der Waals surface area contributed by atoms with Crippen molar-refractivity contribution >= 4 is 17.3 Å². The van der Waals surface area contributed by atoms with Crippen molar-refractivity contribution in [3.05, 3.63) is 48.0 Å². The molecule has 2 aromatic carbocycles. The third kappa shape index (κ3) is 5.11. The van der Waals surface area contributed by atoms with E-state index in [9.17, 15) is 9.90 Å². The number of methoxy groups -OCH3 is 1. The molecule has 1 fully saturated rings. The highest BCUT2D eigenvalue weighted by molar-refractivity contribution is 5.95. The molecule has 2 heterocycles. The van der Waals surface area contributed by atoms with Gasteiger partial charge in [-0.05, 0) is 42.3 Å². The number of aryl methyl sites for hydroxylation is 1. The van der Waals surface area contributed by atoms with Crippen molar-refractivity contribution in [2.45, 2.75) is 18.9 Å². The molecular weight excluding hydrogens is 394 g/mol. The number of hydrogen-bond acceptors (Lipinski definition) is 6. The molecule has 166 valence electrons. The average molecular weight is 426 g/mol. The lowest BCUT2D eigenvalue weighted by molar-refractivity contribution is -0.118. The summed E-state index contributed by atoms with van der Waals surface area (Å²) >= 11 is 0. The second kappa shape index (κ2) is 9.58. The first-order valence-electron chi connectivity index (χ1n) is 10.8. The van der Waals surface area contributed by atoms with E-state index < -0.39 is 6.10 Å². The molecule has 7 nitrogen and oxygen atoms in total. The summed E-state index contributed by atoms with van der Waals surface area (Å²) in [6.07, 6.45) is 0.705. The Morgan fingerprint density at radius 2 is 1.84 bits per heavy atom. The van der Waals surface area contributed by atoms with E-state index >= 15 is 0 Å². The minimum atomic E-state index is -0.552. The van der Waals surface area contributed by atoms with E-state index in [4.69, 9.17) is 9.47 Å². The molecule has 4 rings (SSSR count). The van der Waals surface area contributed by atoms with Gasteiger partial charge in [-0.25, -0.2) is 0 Å². The molecule has 1 unspecified atom stereocenters. The van der Waals surface area contributed by atoms with E-state index in [2.05, 4.69) is 21.9 Å². The minimum Gasteiger partial charge on any atom is -0.497 e. The molecule has 2 aromatic rings. The molecule has 7 heteroatoms. The Kier molecular flexibility index (Phi) is 6.63. The number of carbonyl (C=O) groups is 1. The van der Waals surface area contributed by atoms with Crippen LogP contribution in [0.15, 0.2) is 42.5 Å². The van der Waals surface area contributed by atoms with Crippen LogP contribution in [0.1, 0.15) is 12.0 Å². The molecule has 1 atom stereocenters. The number of hydrogen-bond donors (Lipinski definition) is 1. The number of aliphatic hydroxyl groups excluding tert-OH is 1. The molecule has 0 aliphatic carbocycles. The van der Waals surface area contributed by atoms with E-state index in [1.165, 1.54) is 5.69 Å². The standard InChI is InChI=1S/C24H31N3O4/c1-25-23-8-7-22(14-18(23)6-9-24(25)29)31-17-20(28)16-26-10-12-27(13-11-26)19-4-3-5-21(15-19)30-2/h3-5,7-8,14-15,20,28H,6,9-13,16-17H2,1-2H3. The first-order chi connectivity index (χ1) is 15.0. The van der Waals surface area contributed by atoms with Crippen LogP contribution in [0.25, 0.3) is 0 Å². The third-order valence-corrected chi connectivity index (χ3v) is 6.10. The van der Waals surface area contributed by atoms with Crippen LogP contribution in [-0.4, -0.2) is 75.5 Å². The lowest BCUT2D eigenvalue weighted by Gasteiger charge is -2.37. The van der Waals surface area contributed by atoms with E-state index in [0.717, 1.165) is 55.3 Å². The highest BCUT2D eigenvalue weighted by atomic mass is 16.5. The summed E-state index contributed by atoms with van der Waals surface area (Å²) in [6, 6.07) is 13.9. The Hall–Kier alpha value is -2.77. The maximum absolute atomic E-state index is 11.8. The normalized spacial score (nSPS) is 18.0. The van der Waals surface area contributed by atoms with Gasteiger partial charge < -0.3 is 24.4 Å². The quantitative estimate of drug-likeness (QED) is 0.734. The summed E-state index contributed by atoms with van der Waals surface area (Å²) in [5.74, 6) is 1.75. The second-order valence-electron chi connectivity index (χ2n) is 8.20. The van der Waals surface area contributed by atoms with Crippen LogP contribution in [0.4, 0.5) is 11.4 Å². The zero-order valence-electron chi connectivity index (χ0n) is 18.3. The molecule has 0 radical (unpaired) electrons. The molecular formula is C24H31N3O4. The number of piperazine rings is 1. The van der Waals surface area contributed by atoms with Crippen molar-refractivity contribution in [2.75, 3.05) is 63.3 Å². The van der Waals surface area contributed by atoms with Crippen molar-refractivity contribution in [2.24, 2.45) is 0 Å². The average Bonchev–Trinajstić information content (AvgIpc) is 2.80. The largest absolute Gasteiger partial charge is 0.497 e. The topological polar surface area (TPSA) is 65.5 Å². The van der Waals surface area contributed by atoms with Crippen LogP contribution < -0.4 is 19.3 Å². The Labute approximate surface area is 183 Å². The summed E-state index contributed by atoms with van der Waals surface area (Å²) in [5.41, 5.74) is 3.23. The lowest BCUT2D eigenvalue weighted by Crippen LogP contribution is -2.49. The third-order valence-electron chi connectivity index (χ3n) is 6.10. The fourth-order valence-corrected chi connectivity index (χ4v) is 4.26. The van der Waals surface area contributed by atoms with Gasteiger partial charge in [-0.3, -0.25) is 9.69 Å². The lowest BCUT2D eigenvalue weighted by atomic mass is 10.0. The number of β-amino-alcohol motifs (C(OH)–C–C–N with tert-alkyl or cyclic N) is 1. The van der Waals surface area contributed by atoms with Gasteiger partial charge in [0.25, 0.3) is 0 Å². The highest BCUT2D eigenvalue weighted by Crippen LogP contribution is 2.30. The van der Waals surface area contributed by atoms with Gasteiger partial charge in [0.1, 0.15) is 24.2 Å². The molecule has 0 saturated carbocycles. The predicted molar refractivity (Wildman–Crippen MR) is 121 cm³/mol. The number of fused-ring (bicyclic) bond motifs is 1. The summed E-state index contributed by atoms with van der Waals surface area (Å²) < 4.78 is 11.2. The van der Waals surface area contributed by atoms with Crippen molar-refractivity contribution in [3.63, 3.8) is 0 Å². The molecule has 1 saturated heterocycles. The molecule has 0 aromatic heterocycles. The smallest absolute Gasteiger partial charge is 0.227 e. The fourth-order valence-electron chi connectivity index (χ4n) is 4.26. The Morgan fingerprint density at radius 3 is 2.61 bits per heavy atom. The number of aliphatic hydroxyl groups is 1. The number of amides is 1. The summed E-state index contributed by atoms with van der Waals surface area (Å²) in [4.78, 5) is 18.1. The Bertz CT molecular complexity index is 911. The minimum absolute atomic E-state index is 0.142. The van der Waals surface area contributed by atoms with Gasteiger partial charge in [-0.1, -0.05) is 6.07 Å². The predicted octanol–water partition coefficient (Wildman–Crippen LogP) is 2.17. The zero-order chi connectivity index (χ0) is 21.8. The van der Waals surface area contributed by atoms with Gasteiger partial charge in [0, 0.05) is 63.6 Å². The van der Waals surface area contributed by atoms with Gasteiger partial charge >= 0.3 is 0 Å². The zero-order valence-corrected chi connectivity index (χ0v) is 18.3. The van der Waals surface area contributed by atoms with Crippen molar-refractivity contribution in [1.82, 2.24) is 4.90 Å². The van der Waals surface area contributed by atoms with Crippen molar-refractivity contribution in [1.29, 1.82) is 0 Å². The van der Waals surface area contributed by atoms with E-state index in [1.807, 2.05) is 30.3 Å². The van der Waals surface area contributed by atoms with Crippen LogP contribution in [0.3, 0.4) is 0 Å². The fraction of sp³-hybridized carbons (Fsp3) is 0.458. The number of nitrogens with zero attached hydrogens (tertiary/aromatic N) is 3. The van der Waals surface area contributed by atoms with E-state index in [0.29, 0.717) is 13.0 Å². The number of ether oxygens (including phenoxy) is 2. The number of carbonyl (C=O) groups excluding carboxylic acids is 1. The van der Waals surface area contributed by atoms with Gasteiger partial charge in [0.2, 0.25) is 5.91 Å². The van der Waals surface area contributed by atoms with Gasteiger partial charge in [-0.15, -0.1) is 0 Å². The monoisotopic (exact) mass is 425 g/mol. The maximum atomic E-state index is 11.8. The summed E-state index contributed by atoms with van der Waals surface area (Å²) in [7, 11) is 3.49. The van der Waals surface area contributed by atoms with Crippen LogP contribution in [0.5, 0.6) is 11.5 Å². The van der Waals surface area contributed by atoms with E-state index in [1.54, 1.807) is 19.1 Å². The van der Waals surface area contributed by atoms with E-state index in [-0.39, 0.29) is 12.5 Å². The number of benzene rings is 2. The van der Waals surface area contributed by atoms with Gasteiger partial charge in [0.15, 0.2) is 0 Å².